The lowest BCUT2D eigenvalue weighted by atomic mass is 9.77. The lowest BCUT2D eigenvalue weighted by Gasteiger charge is -2.27. The van der Waals surface area contributed by atoms with Gasteiger partial charge in [0, 0.05) is 12.3 Å². The molecule has 0 aromatic rings. The molecule has 3 unspecified atom stereocenters. The second kappa shape index (κ2) is 2.46. The molecule has 1 nitrogen and oxygen atoms in total. The molecular weight excluding hydrogens is 160 g/mol. The van der Waals surface area contributed by atoms with E-state index in [1.807, 2.05) is 0 Å². The molecule has 3 aliphatic rings. The number of rotatable bonds is 0. The van der Waals surface area contributed by atoms with Crippen molar-refractivity contribution in [1.82, 2.24) is 0 Å². The third-order valence-corrected chi connectivity index (χ3v) is 4.27. The first-order valence-electron chi connectivity index (χ1n) is 5.50. The van der Waals surface area contributed by atoms with Gasteiger partial charge in [0.2, 0.25) is 0 Å². The van der Waals surface area contributed by atoms with E-state index < -0.39 is 0 Å². The Morgan fingerprint density at radius 3 is 2.62 bits per heavy atom. The molecule has 0 aromatic carbocycles. The Morgan fingerprint density at radius 2 is 1.85 bits per heavy atom. The summed E-state index contributed by atoms with van der Waals surface area (Å²) in [7, 11) is 0. The summed E-state index contributed by atoms with van der Waals surface area (Å²) in [5.41, 5.74) is 3.27. The zero-order valence-corrected chi connectivity index (χ0v) is 8.18. The highest BCUT2D eigenvalue weighted by Crippen LogP contribution is 2.53. The SMILES string of the molecule is CC1CC2=C(CC1=O)C1CCC2C1. The van der Waals surface area contributed by atoms with Crippen LogP contribution in [0.4, 0.5) is 0 Å². The van der Waals surface area contributed by atoms with E-state index in [1.54, 1.807) is 11.1 Å². The van der Waals surface area contributed by atoms with E-state index in [4.69, 9.17) is 0 Å². The van der Waals surface area contributed by atoms with Crippen molar-refractivity contribution in [2.24, 2.45) is 17.8 Å². The summed E-state index contributed by atoms with van der Waals surface area (Å²) in [6.07, 6.45) is 6.05. The Labute approximate surface area is 79.2 Å². The van der Waals surface area contributed by atoms with Gasteiger partial charge in [-0.1, -0.05) is 18.1 Å². The number of allylic oxidation sites excluding steroid dienone is 2. The van der Waals surface area contributed by atoms with Crippen LogP contribution in [0.3, 0.4) is 0 Å². The van der Waals surface area contributed by atoms with Crippen LogP contribution in [-0.2, 0) is 4.79 Å². The fourth-order valence-electron chi connectivity index (χ4n) is 3.50. The summed E-state index contributed by atoms with van der Waals surface area (Å²) >= 11 is 0. The van der Waals surface area contributed by atoms with Crippen molar-refractivity contribution in [3.8, 4) is 0 Å². The normalized spacial score (nSPS) is 42.8. The molecule has 1 fully saturated rings. The van der Waals surface area contributed by atoms with Crippen molar-refractivity contribution in [2.45, 2.75) is 39.0 Å². The molecule has 0 aliphatic heterocycles. The van der Waals surface area contributed by atoms with Crippen LogP contribution in [0.2, 0.25) is 0 Å². The molecule has 1 saturated carbocycles. The van der Waals surface area contributed by atoms with E-state index in [0.717, 1.165) is 24.7 Å². The van der Waals surface area contributed by atoms with Crippen LogP contribution in [0, 0.1) is 17.8 Å². The minimum atomic E-state index is 0.318. The van der Waals surface area contributed by atoms with Gasteiger partial charge in [-0.3, -0.25) is 4.79 Å². The summed E-state index contributed by atoms with van der Waals surface area (Å²) in [6, 6.07) is 0. The van der Waals surface area contributed by atoms with E-state index in [9.17, 15) is 4.79 Å². The van der Waals surface area contributed by atoms with E-state index >= 15 is 0 Å². The topological polar surface area (TPSA) is 17.1 Å². The fourth-order valence-corrected chi connectivity index (χ4v) is 3.50. The van der Waals surface area contributed by atoms with E-state index in [2.05, 4.69) is 6.92 Å². The quantitative estimate of drug-likeness (QED) is 0.519. The predicted molar refractivity (Wildman–Crippen MR) is 51.3 cm³/mol. The lowest BCUT2D eigenvalue weighted by Crippen LogP contribution is -2.21. The highest BCUT2D eigenvalue weighted by molar-refractivity contribution is 5.85. The second-order valence-electron chi connectivity index (χ2n) is 5.01. The molecule has 13 heavy (non-hydrogen) atoms. The number of hydrogen-bond acceptors (Lipinski definition) is 1. The Balaban J connectivity index is 1.98. The van der Waals surface area contributed by atoms with Crippen molar-refractivity contribution < 1.29 is 4.79 Å². The Hall–Kier alpha value is -0.590. The van der Waals surface area contributed by atoms with Crippen LogP contribution in [0.1, 0.15) is 39.0 Å². The maximum Gasteiger partial charge on any atom is 0.140 e. The molecule has 0 amide bonds. The van der Waals surface area contributed by atoms with Gasteiger partial charge in [0.25, 0.3) is 0 Å². The van der Waals surface area contributed by atoms with Crippen molar-refractivity contribution >= 4 is 5.78 Å². The summed E-state index contributed by atoms with van der Waals surface area (Å²) in [6.45, 7) is 2.10. The van der Waals surface area contributed by atoms with Crippen LogP contribution in [-0.4, -0.2) is 5.78 Å². The number of carbonyl (C=O) groups excluding carboxylic acids is 1. The first-order chi connectivity index (χ1) is 6.25. The first-order valence-corrected chi connectivity index (χ1v) is 5.50. The van der Waals surface area contributed by atoms with Gasteiger partial charge in [-0.15, -0.1) is 0 Å². The molecule has 0 heterocycles. The van der Waals surface area contributed by atoms with Crippen molar-refractivity contribution in [3.05, 3.63) is 11.1 Å². The summed E-state index contributed by atoms with van der Waals surface area (Å²) in [4.78, 5) is 11.6. The third-order valence-electron chi connectivity index (χ3n) is 4.27. The highest BCUT2D eigenvalue weighted by atomic mass is 16.1. The molecule has 0 N–H and O–H groups in total. The van der Waals surface area contributed by atoms with Gasteiger partial charge in [-0.05, 0) is 37.5 Å². The largest absolute Gasteiger partial charge is 0.299 e. The van der Waals surface area contributed by atoms with Gasteiger partial charge >= 0.3 is 0 Å². The predicted octanol–water partition coefficient (Wildman–Crippen LogP) is 2.71. The molecule has 1 heteroatoms. The molecule has 0 radical (unpaired) electrons. The molecule has 2 bridgehead atoms. The van der Waals surface area contributed by atoms with Crippen LogP contribution < -0.4 is 0 Å². The smallest absolute Gasteiger partial charge is 0.140 e. The van der Waals surface area contributed by atoms with E-state index in [0.29, 0.717) is 11.7 Å². The number of Topliss-reactive ketones (excluding diaryl/α,β-unsaturated/α-hetero) is 1. The molecule has 3 atom stereocenters. The number of hydrogen-bond donors (Lipinski definition) is 0. The Morgan fingerprint density at radius 1 is 1.15 bits per heavy atom. The highest BCUT2D eigenvalue weighted by Gasteiger charge is 2.42. The number of fused-ring (bicyclic) bond motifs is 4. The minimum absolute atomic E-state index is 0.318. The third kappa shape index (κ3) is 0.962. The van der Waals surface area contributed by atoms with E-state index in [1.165, 1.54) is 19.3 Å². The number of carbonyl (C=O) groups is 1. The molecule has 3 aliphatic carbocycles. The summed E-state index contributed by atoms with van der Waals surface area (Å²) in [5, 5.41) is 0. The maximum absolute atomic E-state index is 11.6. The van der Waals surface area contributed by atoms with Crippen molar-refractivity contribution in [2.75, 3.05) is 0 Å². The lowest BCUT2D eigenvalue weighted by molar-refractivity contribution is -0.122. The van der Waals surface area contributed by atoms with Gasteiger partial charge in [-0.2, -0.15) is 0 Å². The summed E-state index contributed by atoms with van der Waals surface area (Å²) < 4.78 is 0. The van der Waals surface area contributed by atoms with Crippen LogP contribution >= 0.6 is 0 Å². The Kier molecular flexibility index (Phi) is 1.47. The van der Waals surface area contributed by atoms with Crippen LogP contribution in [0.15, 0.2) is 11.1 Å². The molecule has 3 rings (SSSR count). The zero-order valence-electron chi connectivity index (χ0n) is 8.18. The van der Waals surface area contributed by atoms with Gasteiger partial charge in [0.05, 0.1) is 0 Å². The Bertz CT molecular complexity index is 300. The minimum Gasteiger partial charge on any atom is -0.299 e. The maximum atomic E-state index is 11.6. The van der Waals surface area contributed by atoms with Gasteiger partial charge in [0.15, 0.2) is 0 Å². The molecule has 0 aromatic heterocycles. The average Bonchev–Trinajstić information content (AvgIpc) is 2.67. The molecule has 70 valence electrons. The van der Waals surface area contributed by atoms with Gasteiger partial charge < -0.3 is 0 Å². The second-order valence-corrected chi connectivity index (χ2v) is 5.01. The van der Waals surface area contributed by atoms with Gasteiger partial charge in [-0.25, -0.2) is 0 Å². The first kappa shape index (κ1) is 7.78. The zero-order chi connectivity index (χ0) is 9.00. The fraction of sp³-hybridized carbons (Fsp3) is 0.750. The standard InChI is InChI=1S/C12H16O/c1-7-4-10-8-2-3-9(5-8)11(10)6-12(7)13/h7-9H,2-6H2,1H3. The summed E-state index contributed by atoms with van der Waals surface area (Å²) in [5.74, 6) is 2.51. The monoisotopic (exact) mass is 176 g/mol. The van der Waals surface area contributed by atoms with Crippen molar-refractivity contribution in [1.29, 1.82) is 0 Å². The molecular formula is C12H16O. The number of ketones is 1. The van der Waals surface area contributed by atoms with Crippen LogP contribution in [0.5, 0.6) is 0 Å². The molecule has 0 spiro atoms. The average molecular weight is 176 g/mol. The van der Waals surface area contributed by atoms with Crippen LogP contribution in [0.25, 0.3) is 0 Å². The van der Waals surface area contributed by atoms with E-state index in [-0.39, 0.29) is 0 Å². The van der Waals surface area contributed by atoms with Crippen molar-refractivity contribution in [3.63, 3.8) is 0 Å². The molecule has 0 saturated heterocycles. The van der Waals surface area contributed by atoms with Gasteiger partial charge in [0.1, 0.15) is 5.78 Å².